The molecule has 0 bridgehead atoms. The van der Waals surface area contributed by atoms with Crippen LogP contribution in [0.15, 0.2) is 42.5 Å². The topological polar surface area (TPSA) is 94.2 Å². The summed E-state index contributed by atoms with van der Waals surface area (Å²) in [4.78, 5) is 39.2. The summed E-state index contributed by atoms with van der Waals surface area (Å²) in [5.41, 5.74) is 1.21. The van der Waals surface area contributed by atoms with E-state index in [9.17, 15) is 14.4 Å². The monoisotopic (exact) mass is 472 g/mol. The van der Waals surface area contributed by atoms with Gasteiger partial charge in [0, 0.05) is 6.54 Å². The normalized spacial score (nSPS) is 17.9. The van der Waals surface area contributed by atoms with Crippen LogP contribution in [0.25, 0.3) is 0 Å². The van der Waals surface area contributed by atoms with Crippen LogP contribution in [-0.4, -0.2) is 55.1 Å². The number of carbonyl (C=O) groups excluding carboxylic acids is 3. The summed E-state index contributed by atoms with van der Waals surface area (Å²) in [6.07, 6.45) is 1.66. The van der Waals surface area contributed by atoms with Gasteiger partial charge in [0.15, 0.2) is 18.1 Å². The van der Waals surface area contributed by atoms with Crippen LogP contribution in [0.4, 0.5) is 0 Å². The van der Waals surface area contributed by atoms with Crippen molar-refractivity contribution in [3.63, 3.8) is 0 Å². The molecule has 0 aromatic heterocycles. The van der Waals surface area contributed by atoms with E-state index < -0.39 is 24.5 Å². The van der Waals surface area contributed by atoms with Gasteiger partial charge in [-0.1, -0.05) is 29.8 Å². The predicted octanol–water partition coefficient (Wildman–Crippen LogP) is 3.14. The van der Waals surface area contributed by atoms with Crippen molar-refractivity contribution in [1.82, 2.24) is 10.2 Å². The molecule has 1 N–H and O–H groups in total. The molecule has 2 aromatic rings. The quantitative estimate of drug-likeness (QED) is 0.649. The highest BCUT2D eigenvalue weighted by Gasteiger charge is 2.32. The summed E-state index contributed by atoms with van der Waals surface area (Å²) in [6, 6.07) is 11.2. The van der Waals surface area contributed by atoms with Gasteiger partial charge in [0.1, 0.15) is 19.3 Å². The van der Waals surface area contributed by atoms with Gasteiger partial charge in [-0.2, -0.15) is 0 Å². The number of likely N-dealkylation sites (tertiary alicyclic amines) is 1. The lowest BCUT2D eigenvalue weighted by Gasteiger charge is -2.26. The molecule has 2 aliphatic heterocycles. The third-order valence-corrected chi connectivity index (χ3v) is 6.01. The van der Waals surface area contributed by atoms with Crippen molar-refractivity contribution in [3.8, 4) is 11.5 Å². The number of hydrogen-bond donors (Lipinski definition) is 1. The van der Waals surface area contributed by atoms with Gasteiger partial charge in [-0.25, -0.2) is 4.79 Å². The molecule has 2 unspecified atom stereocenters. The number of carbonyl (C=O) groups is 3. The number of fused-ring (bicyclic) bond motifs is 1. The molecule has 0 radical (unpaired) electrons. The minimum absolute atomic E-state index is 0.121. The molecule has 0 spiro atoms. The molecule has 1 saturated heterocycles. The maximum atomic E-state index is 12.8. The highest BCUT2D eigenvalue weighted by molar-refractivity contribution is 6.33. The molecular formula is C24H25ClN2O6. The summed E-state index contributed by atoms with van der Waals surface area (Å²) in [5, 5.41) is 2.83. The van der Waals surface area contributed by atoms with E-state index in [0.29, 0.717) is 31.3 Å². The first-order valence-electron chi connectivity index (χ1n) is 10.8. The number of ether oxygens (including phenoxy) is 3. The Balaban J connectivity index is 1.32. The summed E-state index contributed by atoms with van der Waals surface area (Å²) in [5.74, 6) is -0.103. The van der Waals surface area contributed by atoms with Crippen molar-refractivity contribution in [2.75, 3.05) is 26.4 Å². The van der Waals surface area contributed by atoms with Gasteiger partial charge >= 0.3 is 5.97 Å². The van der Waals surface area contributed by atoms with Crippen molar-refractivity contribution in [2.45, 2.75) is 31.8 Å². The molecule has 2 amide bonds. The van der Waals surface area contributed by atoms with Crippen LogP contribution in [0.3, 0.4) is 0 Å². The average molecular weight is 473 g/mol. The van der Waals surface area contributed by atoms with Gasteiger partial charge in [0.25, 0.3) is 11.8 Å². The third kappa shape index (κ3) is 5.22. The van der Waals surface area contributed by atoms with Crippen LogP contribution in [0, 0.1) is 0 Å². The largest absolute Gasteiger partial charge is 0.486 e. The number of halogens is 1. The lowest BCUT2D eigenvalue weighted by atomic mass is 10.0. The Morgan fingerprint density at radius 3 is 2.70 bits per heavy atom. The maximum Gasteiger partial charge on any atom is 0.328 e. The van der Waals surface area contributed by atoms with Crippen LogP contribution in [-0.2, 0) is 14.3 Å². The highest BCUT2D eigenvalue weighted by atomic mass is 35.5. The van der Waals surface area contributed by atoms with Crippen LogP contribution in [0.1, 0.15) is 41.7 Å². The zero-order chi connectivity index (χ0) is 23.4. The van der Waals surface area contributed by atoms with Crippen molar-refractivity contribution in [3.05, 3.63) is 58.6 Å². The Morgan fingerprint density at radius 2 is 1.91 bits per heavy atom. The molecule has 2 aliphatic rings. The number of nitrogens with zero attached hydrogens (tertiary/aromatic N) is 1. The van der Waals surface area contributed by atoms with Gasteiger partial charge in [-0.15, -0.1) is 0 Å². The van der Waals surface area contributed by atoms with E-state index in [0.717, 1.165) is 18.4 Å². The Hall–Kier alpha value is -3.26. The highest BCUT2D eigenvalue weighted by Crippen LogP contribution is 2.38. The van der Waals surface area contributed by atoms with E-state index in [1.165, 1.54) is 6.92 Å². The van der Waals surface area contributed by atoms with Crippen LogP contribution in [0.2, 0.25) is 5.02 Å². The Labute approximate surface area is 196 Å². The molecule has 174 valence electrons. The van der Waals surface area contributed by atoms with Gasteiger partial charge in [0.2, 0.25) is 0 Å². The van der Waals surface area contributed by atoms with E-state index in [-0.39, 0.29) is 22.5 Å². The standard InChI is InChI=1S/C24H25ClN2O6/c1-15(26-23(29)17-5-2-3-6-18(17)25)24(30)33-14-22(28)27-10-4-7-19(27)16-8-9-20-21(13-16)32-12-11-31-20/h2-3,5-6,8-9,13,15,19H,4,7,10-12,14H2,1H3,(H,26,29). The third-order valence-electron chi connectivity index (χ3n) is 5.68. The van der Waals surface area contributed by atoms with E-state index in [4.69, 9.17) is 25.8 Å². The zero-order valence-electron chi connectivity index (χ0n) is 18.2. The first-order chi connectivity index (χ1) is 15.9. The summed E-state index contributed by atoms with van der Waals surface area (Å²) in [7, 11) is 0. The van der Waals surface area contributed by atoms with Crippen LogP contribution >= 0.6 is 11.6 Å². The van der Waals surface area contributed by atoms with Crippen molar-refractivity contribution in [2.24, 2.45) is 0 Å². The number of benzene rings is 2. The molecule has 2 heterocycles. The Morgan fingerprint density at radius 1 is 1.15 bits per heavy atom. The van der Waals surface area contributed by atoms with Crippen molar-refractivity contribution >= 4 is 29.4 Å². The molecule has 8 nitrogen and oxygen atoms in total. The molecule has 9 heteroatoms. The molecule has 1 fully saturated rings. The van der Waals surface area contributed by atoms with E-state index in [1.54, 1.807) is 29.2 Å². The number of esters is 1. The van der Waals surface area contributed by atoms with Gasteiger partial charge in [0.05, 0.1) is 16.6 Å². The zero-order valence-corrected chi connectivity index (χ0v) is 19.0. The summed E-state index contributed by atoms with van der Waals surface area (Å²) in [6.45, 7) is 2.68. The Bertz CT molecular complexity index is 1060. The van der Waals surface area contributed by atoms with Crippen LogP contribution < -0.4 is 14.8 Å². The molecule has 2 aromatic carbocycles. The average Bonchev–Trinajstić information content (AvgIpc) is 3.32. The number of rotatable bonds is 6. The van der Waals surface area contributed by atoms with Gasteiger partial charge < -0.3 is 24.4 Å². The molecule has 0 aliphatic carbocycles. The van der Waals surface area contributed by atoms with Crippen molar-refractivity contribution in [1.29, 1.82) is 0 Å². The predicted molar refractivity (Wildman–Crippen MR) is 120 cm³/mol. The number of amides is 2. The van der Waals surface area contributed by atoms with Gasteiger partial charge in [-0.3, -0.25) is 9.59 Å². The lowest BCUT2D eigenvalue weighted by Crippen LogP contribution is -2.41. The fraction of sp³-hybridized carbons (Fsp3) is 0.375. The summed E-state index contributed by atoms with van der Waals surface area (Å²) < 4.78 is 16.4. The van der Waals surface area contributed by atoms with Gasteiger partial charge in [-0.05, 0) is 49.6 Å². The first kappa shape index (κ1) is 22.9. The van der Waals surface area contributed by atoms with Crippen LogP contribution in [0.5, 0.6) is 11.5 Å². The van der Waals surface area contributed by atoms with E-state index in [1.807, 2.05) is 18.2 Å². The fourth-order valence-electron chi connectivity index (χ4n) is 4.00. The second-order valence-electron chi connectivity index (χ2n) is 7.93. The minimum Gasteiger partial charge on any atom is -0.486 e. The number of hydrogen-bond acceptors (Lipinski definition) is 6. The molecular weight excluding hydrogens is 448 g/mol. The fourth-order valence-corrected chi connectivity index (χ4v) is 4.22. The summed E-state index contributed by atoms with van der Waals surface area (Å²) >= 11 is 6.02. The van der Waals surface area contributed by atoms with E-state index >= 15 is 0 Å². The molecule has 33 heavy (non-hydrogen) atoms. The smallest absolute Gasteiger partial charge is 0.328 e. The molecule has 0 saturated carbocycles. The molecule has 4 rings (SSSR count). The van der Waals surface area contributed by atoms with Crippen molar-refractivity contribution < 1.29 is 28.6 Å². The van der Waals surface area contributed by atoms with E-state index in [2.05, 4.69) is 5.32 Å². The molecule has 2 atom stereocenters. The first-order valence-corrected chi connectivity index (χ1v) is 11.2. The number of nitrogens with one attached hydrogen (secondary N) is 1. The minimum atomic E-state index is -0.936. The maximum absolute atomic E-state index is 12.8. The SMILES string of the molecule is CC(NC(=O)c1ccccc1Cl)C(=O)OCC(=O)N1CCCC1c1ccc2c(c1)OCCO2. The lowest BCUT2D eigenvalue weighted by molar-refractivity contribution is -0.153. The second-order valence-corrected chi connectivity index (χ2v) is 8.34. The second kappa shape index (κ2) is 10.1. The Kier molecular flexibility index (Phi) is 7.03.